The zero-order chi connectivity index (χ0) is 27.7. The summed E-state index contributed by atoms with van der Waals surface area (Å²) in [6.07, 6.45) is 0.485. The minimum absolute atomic E-state index is 0.128. The predicted octanol–water partition coefficient (Wildman–Crippen LogP) is 5.55. The van der Waals surface area contributed by atoms with Gasteiger partial charge in [-0.25, -0.2) is 0 Å². The van der Waals surface area contributed by atoms with Gasteiger partial charge < -0.3 is 14.7 Å². The molecule has 3 aromatic rings. The number of halogens is 1. The molecule has 198 valence electrons. The van der Waals surface area contributed by atoms with E-state index < -0.39 is 17.9 Å². The zero-order valence-electron chi connectivity index (χ0n) is 21.4. The van der Waals surface area contributed by atoms with Crippen LogP contribution < -0.4 is 0 Å². The van der Waals surface area contributed by atoms with Crippen LogP contribution in [-0.2, 0) is 20.7 Å². The monoisotopic (exact) mass is 535 g/mol. The third kappa shape index (κ3) is 8.02. The molecular weight excluding hydrogens is 506 g/mol. The molecule has 1 amide bonds. The normalized spacial score (nSPS) is 11.4. The highest BCUT2D eigenvalue weighted by molar-refractivity contribution is 6.30. The van der Waals surface area contributed by atoms with Crippen LogP contribution in [0.15, 0.2) is 72.8 Å². The quantitative estimate of drug-likeness (QED) is 0.241. The standard InChI is InChI=1S/C30H30ClNO6/c1-3-38-28(34)19-32(2)29(35)24-6-4-5-20(17-24)7-8-25(30(36)37)18-27(33)23-11-9-21(10-12-23)22-13-15-26(31)16-14-22/h4-6,9-17,25H,3,7-8,18-19H2,1-2H3,(H,36,37). The number of rotatable bonds is 12. The second kappa shape index (κ2) is 13.5. The van der Waals surface area contributed by atoms with Crippen LogP contribution in [0.25, 0.3) is 11.1 Å². The van der Waals surface area contributed by atoms with Crippen LogP contribution >= 0.6 is 11.6 Å². The smallest absolute Gasteiger partial charge is 0.325 e. The van der Waals surface area contributed by atoms with Gasteiger partial charge in [0.2, 0.25) is 0 Å². The highest BCUT2D eigenvalue weighted by atomic mass is 35.5. The van der Waals surface area contributed by atoms with Crippen molar-refractivity contribution < 1.29 is 29.0 Å². The molecule has 0 fully saturated rings. The van der Waals surface area contributed by atoms with Crippen molar-refractivity contribution in [2.24, 2.45) is 5.92 Å². The first kappa shape index (κ1) is 28.6. The topological polar surface area (TPSA) is 101 Å². The minimum Gasteiger partial charge on any atom is -0.481 e. The Morgan fingerprint density at radius 1 is 0.921 bits per heavy atom. The van der Waals surface area contributed by atoms with E-state index in [2.05, 4.69) is 0 Å². The Hall–Kier alpha value is -3.97. The van der Waals surface area contributed by atoms with E-state index in [1.807, 2.05) is 24.3 Å². The van der Waals surface area contributed by atoms with Crippen molar-refractivity contribution in [1.82, 2.24) is 4.90 Å². The number of hydrogen-bond acceptors (Lipinski definition) is 5. The van der Waals surface area contributed by atoms with Gasteiger partial charge in [-0.15, -0.1) is 0 Å². The van der Waals surface area contributed by atoms with Gasteiger partial charge in [0.05, 0.1) is 12.5 Å². The maximum absolute atomic E-state index is 12.8. The van der Waals surface area contributed by atoms with Gasteiger partial charge in [0.15, 0.2) is 5.78 Å². The third-order valence-corrected chi connectivity index (χ3v) is 6.39. The molecule has 0 saturated carbocycles. The highest BCUT2D eigenvalue weighted by Gasteiger charge is 2.22. The summed E-state index contributed by atoms with van der Waals surface area (Å²) >= 11 is 5.94. The molecule has 0 saturated heterocycles. The minimum atomic E-state index is -1.04. The van der Waals surface area contributed by atoms with E-state index in [4.69, 9.17) is 16.3 Å². The number of carboxylic acids is 1. The van der Waals surface area contributed by atoms with Gasteiger partial charge in [-0.1, -0.05) is 60.1 Å². The van der Waals surface area contributed by atoms with Gasteiger partial charge in [0, 0.05) is 29.6 Å². The Labute approximate surface area is 227 Å². The van der Waals surface area contributed by atoms with Gasteiger partial charge in [-0.3, -0.25) is 19.2 Å². The molecule has 0 aliphatic carbocycles. The Kier molecular flexibility index (Phi) is 10.2. The Morgan fingerprint density at radius 3 is 2.16 bits per heavy atom. The van der Waals surface area contributed by atoms with E-state index in [1.54, 1.807) is 55.5 Å². The number of nitrogens with zero attached hydrogens (tertiary/aromatic N) is 1. The number of hydrogen-bond donors (Lipinski definition) is 1. The summed E-state index contributed by atoms with van der Waals surface area (Å²) in [4.78, 5) is 50.4. The molecule has 0 spiro atoms. The second-order valence-corrected chi connectivity index (χ2v) is 9.39. The van der Waals surface area contributed by atoms with Gasteiger partial charge in [-0.05, 0) is 60.7 Å². The number of ketones is 1. The number of ether oxygens (including phenoxy) is 1. The molecule has 1 atom stereocenters. The number of likely N-dealkylation sites (N-methyl/N-ethyl adjacent to an activating group) is 1. The molecule has 0 bridgehead atoms. The van der Waals surface area contributed by atoms with Crippen molar-refractivity contribution in [2.45, 2.75) is 26.2 Å². The zero-order valence-corrected chi connectivity index (χ0v) is 22.1. The van der Waals surface area contributed by atoms with Gasteiger partial charge in [0.1, 0.15) is 6.54 Å². The van der Waals surface area contributed by atoms with Crippen LogP contribution in [0, 0.1) is 5.92 Å². The molecule has 0 aromatic heterocycles. The van der Waals surface area contributed by atoms with E-state index >= 15 is 0 Å². The summed E-state index contributed by atoms with van der Waals surface area (Å²) in [5.41, 5.74) is 3.50. The van der Waals surface area contributed by atoms with Crippen LogP contribution in [0.5, 0.6) is 0 Å². The van der Waals surface area contributed by atoms with Gasteiger partial charge in [-0.2, -0.15) is 0 Å². The van der Waals surface area contributed by atoms with E-state index in [0.717, 1.165) is 16.7 Å². The van der Waals surface area contributed by atoms with Crippen LogP contribution in [-0.4, -0.2) is 53.8 Å². The number of benzene rings is 3. The number of carbonyl (C=O) groups is 4. The molecule has 3 rings (SSSR count). The van der Waals surface area contributed by atoms with Crippen LogP contribution in [0.4, 0.5) is 0 Å². The first-order chi connectivity index (χ1) is 18.2. The number of carbonyl (C=O) groups excluding carboxylic acids is 3. The maximum atomic E-state index is 12.8. The molecule has 0 heterocycles. The molecule has 0 aliphatic heterocycles. The Bertz CT molecular complexity index is 1290. The van der Waals surface area contributed by atoms with Crippen LogP contribution in [0.2, 0.25) is 5.02 Å². The fourth-order valence-electron chi connectivity index (χ4n) is 4.04. The number of aryl methyl sites for hydroxylation is 1. The molecule has 7 nitrogen and oxygen atoms in total. The predicted molar refractivity (Wildman–Crippen MR) is 145 cm³/mol. The lowest BCUT2D eigenvalue weighted by molar-refractivity contribution is -0.143. The van der Waals surface area contributed by atoms with Crippen molar-refractivity contribution in [3.8, 4) is 11.1 Å². The van der Waals surface area contributed by atoms with Gasteiger partial charge in [0.25, 0.3) is 5.91 Å². The van der Waals surface area contributed by atoms with Crippen molar-refractivity contribution in [3.05, 3.63) is 94.5 Å². The van der Waals surface area contributed by atoms with Crippen molar-refractivity contribution >= 4 is 35.2 Å². The first-order valence-electron chi connectivity index (χ1n) is 12.3. The highest BCUT2D eigenvalue weighted by Crippen LogP contribution is 2.23. The summed E-state index contributed by atoms with van der Waals surface area (Å²) in [7, 11) is 1.51. The number of esters is 1. The second-order valence-electron chi connectivity index (χ2n) is 8.95. The molecular formula is C30H30ClNO6. The number of Topliss-reactive ketones (excluding diaryl/α,β-unsaturated/α-hetero) is 1. The molecule has 1 unspecified atom stereocenters. The lowest BCUT2D eigenvalue weighted by atomic mass is 9.91. The third-order valence-electron chi connectivity index (χ3n) is 6.14. The Balaban J connectivity index is 1.61. The first-order valence-corrected chi connectivity index (χ1v) is 12.7. The fraction of sp³-hybridized carbons (Fsp3) is 0.267. The van der Waals surface area contributed by atoms with E-state index in [0.29, 0.717) is 22.6 Å². The SMILES string of the molecule is CCOC(=O)CN(C)C(=O)c1cccc(CCC(CC(=O)c2ccc(-c3ccc(Cl)cc3)cc2)C(=O)O)c1. The lowest BCUT2D eigenvalue weighted by Crippen LogP contribution is -2.33. The van der Waals surface area contributed by atoms with E-state index in [9.17, 15) is 24.3 Å². The molecule has 0 radical (unpaired) electrons. The van der Waals surface area contributed by atoms with E-state index in [-0.39, 0.29) is 37.7 Å². The van der Waals surface area contributed by atoms with Crippen molar-refractivity contribution in [1.29, 1.82) is 0 Å². The van der Waals surface area contributed by atoms with E-state index in [1.165, 1.54) is 11.9 Å². The Morgan fingerprint density at radius 2 is 1.55 bits per heavy atom. The number of carboxylic acid groups (broad SMARTS) is 1. The largest absolute Gasteiger partial charge is 0.481 e. The molecule has 8 heteroatoms. The summed E-state index contributed by atoms with van der Waals surface area (Å²) in [6.45, 7) is 1.76. The van der Waals surface area contributed by atoms with Crippen LogP contribution in [0.3, 0.4) is 0 Å². The lowest BCUT2D eigenvalue weighted by Gasteiger charge is -2.17. The van der Waals surface area contributed by atoms with Gasteiger partial charge >= 0.3 is 11.9 Å². The fourth-order valence-corrected chi connectivity index (χ4v) is 4.16. The number of aliphatic carboxylic acids is 1. The molecule has 0 aliphatic rings. The van der Waals surface area contributed by atoms with Crippen LogP contribution in [0.1, 0.15) is 46.0 Å². The maximum Gasteiger partial charge on any atom is 0.325 e. The summed E-state index contributed by atoms with van der Waals surface area (Å²) in [6, 6.07) is 21.3. The molecule has 38 heavy (non-hydrogen) atoms. The molecule has 1 N–H and O–H groups in total. The summed E-state index contributed by atoms with van der Waals surface area (Å²) in [5, 5.41) is 10.4. The average Bonchev–Trinajstić information content (AvgIpc) is 2.91. The average molecular weight is 536 g/mol. The summed E-state index contributed by atoms with van der Waals surface area (Å²) < 4.78 is 4.88. The summed E-state index contributed by atoms with van der Waals surface area (Å²) in [5.74, 6) is -2.99. The van der Waals surface area contributed by atoms with Crippen molar-refractivity contribution in [2.75, 3.05) is 20.2 Å². The van der Waals surface area contributed by atoms with Crippen molar-refractivity contribution in [3.63, 3.8) is 0 Å². The number of amides is 1. The molecule has 3 aromatic carbocycles.